The number of rotatable bonds is 7. The van der Waals surface area contributed by atoms with Gasteiger partial charge in [-0.1, -0.05) is 44.9 Å². The zero-order valence-electron chi connectivity index (χ0n) is 11.8. The van der Waals surface area contributed by atoms with Crippen molar-refractivity contribution >= 4 is 0 Å². The molecule has 0 spiro atoms. The number of unbranched alkanes of at least 4 members (excludes halogenated alkanes) is 1. The molecule has 0 saturated heterocycles. The molecule has 17 heavy (non-hydrogen) atoms. The molecule has 1 aromatic carbocycles. The molecule has 0 radical (unpaired) electrons. The second-order valence-electron chi connectivity index (χ2n) is 5.43. The lowest BCUT2D eigenvalue weighted by atomic mass is 10.0. The Bertz CT molecular complexity index is 328. The Morgan fingerprint density at radius 1 is 1.12 bits per heavy atom. The molecule has 0 saturated carbocycles. The number of aryl methyl sites for hydroxylation is 1. The van der Waals surface area contributed by atoms with Gasteiger partial charge in [-0.3, -0.25) is 0 Å². The summed E-state index contributed by atoms with van der Waals surface area (Å²) in [5, 5.41) is 3.54. The van der Waals surface area contributed by atoms with Gasteiger partial charge in [0, 0.05) is 6.54 Å². The van der Waals surface area contributed by atoms with E-state index in [1.165, 1.54) is 36.0 Å². The van der Waals surface area contributed by atoms with E-state index < -0.39 is 0 Å². The normalized spacial score (nSPS) is 11.1. The van der Waals surface area contributed by atoms with Gasteiger partial charge in [-0.05, 0) is 49.4 Å². The smallest absolute Gasteiger partial charge is 0.0208 e. The van der Waals surface area contributed by atoms with E-state index in [4.69, 9.17) is 0 Å². The minimum absolute atomic E-state index is 0.842. The van der Waals surface area contributed by atoms with Crippen molar-refractivity contribution in [3.8, 4) is 0 Å². The van der Waals surface area contributed by atoms with Crippen molar-refractivity contribution in [2.45, 2.75) is 53.5 Å². The van der Waals surface area contributed by atoms with Crippen molar-refractivity contribution < 1.29 is 0 Å². The van der Waals surface area contributed by atoms with Crippen molar-refractivity contribution in [1.29, 1.82) is 0 Å². The van der Waals surface area contributed by atoms with E-state index in [0.717, 1.165) is 19.0 Å². The van der Waals surface area contributed by atoms with Gasteiger partial charge in [-0.2, -0.15) is 0 Å². The summed E-state index contributed by atoms with van der Waals surface area (Å²) in [6, 6.07) is 6.56. The number of hydrogen-bond donors (Lipinski definition) is 1. The third-order valence-corrected chi connectivity index (χ3v) is 3.42. The average molecular weight is 233 g/mol. The summed E-state index contributed by atoms with van der Waals surface area (Å²) in [5.41, 5.74) is 4.26. The Morgan fingerprint density at radius 2 is 1.88 bits per heavy atom. The van der Waals surface area contributed by atoms with E-state index in [0.29, 0.717) is 0 Å². The molecule has 1 rings (SSSR count). The molecule has 96 valence electrons. The standard InChI is InChI=1S/C16H27N/c1-13(2)8-5-6-11-17-12-16-10-7-9-14(3)15(16)4/h7,9-10,13,17H,5-6,8,11-12H2,1-4H3. The summed E-state index contributed by atoms with van der Waals surface area (Å²) in [5.74, 6) is 0.842. The topological polar surface area (TPSA) is 12.0 Å². The fourth-order valence-electron chi connectivity index (χ4n) is 2.03. The highest BCUT2D eigenvalue weighted by molar-refractivity contribution is 5.32. The molecule has 0 heterocycles. The lowest BCUT2D eigenvalue weighted by Crippen LogP contribution is -2.15. The van der Waals surface area contributed by atoms with Crippen molar-refractivity contribution in [1.82, 2.24) is 5.32 Å². The van der Waals surface area contributed by atoms with Crippen LogP contribution in [-0.4, -0.2) is 6.54 Å². The van der Waals surface area contributed by atoms with Crippen LogP contribution in [0.15, 0.2) is 18.2 Å². The molecule has 1 heteroatoms. The van der Waals surface area contributed by atoms with Crippen molar-refractivity contribution in [3.63, 3.8) is 0 Å². The molecule has 1 aromatic rings. The molecule has 0 unspecified atom stereocenters. The van der Waals surface area contributed by atoms with E-state index in [9.17, 15) is 0 Å². The average Bonchev–Trinajstić information content (AvgIpc) is 2.28. The minimum atomic E-state index is 0.842. The molecule has 0 fully saturated rings. The van der Waals surface area contributed by atoms with Crippen LogP contribution in [0.2, 0.25) is 0 Å². The lowest BCUT2D eigenvalue weighted by Gasteiger charge is -2.10. The van der Waals surface area contributed by atoms with Crippen LogP contribution in [0.3, 0.4) is 0 Å². The highest BCUT2D eigenvalue weighted by atomic mass is 14.8. The molecular weight excluding hydrogens is 206 g/mol. The van der Waals surface area contributed by atoms with Gasteiger partial charge in [0.1, 0.15) is 0 Å². The van der Waals surface area contributed by atoms with Crippen LogP contribution < -0.4 is 5.32 Å². The molecule has 0 aliphatic heterocycles. The maximum Gasteiger partial charge on any atom is 0.0208 e. The van der Waals surface area contributed by atoms with Crippen LogP contribution in [0.5, 0.6) is 0 Å². The largest absolute Gasteiger partial charge is 0.313 e. The van der Waals surface area contributed by atoms with Gasteiger partial charge in [-0.25, -0.2) is 0 Å². The van der Waals surface area contributed by atoms with Gasteiger partial charge >= 0.3 is 0 Å². The van der Waals surface area contributed by atoms with Crippen LogP contribution in [0, 0.1) is 19.8 Å². The second kappa shape index (κ2) is 7.50. The third-order valence-electron chi connectivity index (χ3n) is 3.42. The Morgan fingerprint density at radius 3 is 2.59 bits per heavy atom. The molecule has 0 aromatic heterocycles. The molecule has 1 N–H and O–H groups in total. The highest BCUT2D eigenvalue weighted by Crippen LogP contribution is 2.12. The van der Waals surface area contributed by atoms with Gasteiger partial charge in [-0.15, -0.1) is 0 Å². The first-order valence-corrected chi connectivity index (χ1v) is 6.87. The van der Waals surface area contributed by atoms with Crippen LogP contribution >= 0.6 is 0 Å². The van der Waals surface area contributed by atoms with Gasteiger partial charge < -0.3 is 5.32 Å². The molecular formula is C16H27N. The highest BCUT2D eigenvalue weighted by Gasteiger charge is 2.00. The van der Waals surface area contributed by atoms with Crippen LogP contribution in [0.1, 0.15) is 49.8 Å². The van der Waals surface area contributed by atoms with E-state index in [1.54, 1.807) is 0 Å². The van der Waals surface area contributed by atoms with Crippen LogP contribution in [0.4, 0.5) is 0 Å². The van der Waals surface area contributed by atoms with E-state index in [1.807, 2.05) is 0 Å². The maximum atomic E-state index is 3.54. The third kappa shape index (κ3) is 5.36. The molecule has 1 nitrogen and oxygen atoms in total. The number of benzene rings is 1. The fraction of sp³-hybridized carbons (Fsp3) is 0.625. The molecule has 0 amide bonds. The molecule has 0 aliphatic rings. The van der Waals surface area contributed by atoms with Gasteiger partial charge in [0.05, 0.1) is 0 Å². The van der Waals surface area contributed by atoms with E-state index >= 15 is 0 Å². The lowest BCUT2D eigenvalue weighted by molar-refractivity contribution is 0.520. The Balaban J connectivity index is 2.20. The zero-order valence-corrected chi connectivity index (χ0v) is 11.8. The summed E-state index contributed by atoms with van der Waals surface area (Å²) >= 11 is 0. The minimum Gasteiger partial charge on any atom is -0.313 e. The summed E-state index contributed by atoms with van der Waals surface area (Å²) in [6.45, 7) is 11.1. The zero-order chi connectivity index (χ0) is 12.7. The van der Waals surface area contributed by atoms with Gasteiger partial charge in [0.2, 0.25) is 0 Å². The Hall–Kier alpha value is -0.820. The summed E-state index contributed by atoms with van der Waals surface area (Å²) in [6.07, 6.45) is 3.99. The summed E-state index contributed by atoms with van der Waals surface area (Å²) < 4.78 is 0. The maximum absolute atomic E-state index is 3.54. The number of hydrogen-bond acceptors (Lipinski definition) is 1. The van der Waals surface area contributed by atoms with Gasteiger partial charge in [0.25, 0.3) is 0 Å². The van der Waals surface area contributed by atoms with Crippen LogP contribution in [-0.2, 0) is 6.54 Å². The van der Waals surface area contributed by atoms with Crippen molar-refractivity contribution in [3.05, 3.63) is 34.9 Å². The number of nitrogens with one attached hydrogen (secondary N) is 1. The SMILES string of the molecule is Cc1cccc(CNCCCCC(C)C)c1C. The van der Waals surface area contributed by atoms with E-state index in [2.05, 4.69) is 51.2 Å². The van der Waals surface area contributed by atoms with E-state index in [-0.39, 0.29) is 0 Å². The van der Waals surface area contributed by atoms with Gasteiger partial charge in [0.15, 0.2) is 0 Å². The molecule has 0 atom stereocenters. The van der Waals surface area contributed by atoms with Crippen molar-refractivity contribution in [2.24, 2.45) is 5.92 Å². The predicted molar refractivity (Wildman–Crippen MR) is 76.3 cm³/mol. The Kier molecular flexibility index (Phi) is 6.28. The Labute approximate surface area is 107 Å². The quantitative estimate of drug-likeness (QED) is 0.695. The summed E-state index contributed by atoms with van der Waals surface area (Å²) in [7, 11) is 0. The molecule has 0 bridgehead atoms. The first-order valence-electron chi connectivity index (χ1n) is 6.87. The molecule has 0 aliphatic carbocycles. The predicted octanol–water partition coefficient (Wildman–Crippen LogP) is 4.22. The summed E-state index contributed by atoms with van der Waals surface area (Å²) in [4.78, 5) is 0. The fourth-order valence-corrected chi connectivity index (χ4v) is 2.03. The first kappa shape index (κ1) is 14.2. The first-order chi connectivity index (χ1) is 8.11. The van der Waals surface area contributed by atoms with Crippen molar-refractivity contribution in [2.75, 3.05) is 6.54 Å². The van der Waals surface area contributed by atoms with Crippen LogP contribution in [0.25, 0.3) is 0 Å². The monoisotopic (exact) mass is 233 g/mol. The second-order valence-corrected chi connectivity index (χ2v) is 5.43.